The molecule has 0 spiro atoms. The molecule has 2 N–H and O–H groups in total. The molecule has 1 atom stereocenters. The van der Waals surface area contributed by atoms with E-state index < -0.39 is 0 Å². The van der Waals surface area contributed by atoms with E-state index in [1.807, 2.05) is 12.5 Å². The van der Waals surface area contributed by atoms with E-state index in [1.54, 1.807) is 0 Å². The van der Waals surface area contributed by atoms with Gasteiger partial charge in [0.05, 0.1) is 18.1 Å². The fourth-order valence-corrected chi connectivity index (χ4v) is 2.02. The summed E-state index contributed by atoms with van der Waals surface area (Å²) in [4.78, 5) is 6.59. The summed E-state index contributed by atoms with van der Waals surface area (Å²) in [5.74, 6) is 0. The van der Waals surface area contributed by atoms with Crippen molar-refractivity contribution in [1.29, 1.82) is 0 Å². The van der Waals surface area contributed by atoms with Crippen molar-refractivity contribution < 1.29 is 0 Å². The Bertz CT molecular complexity index is 343. The third kappa shape index (κ3) is 2.87. The van der Waals surface area contributed by atoms with Crippen LogP contribution in [-0.2, 0) is 6.54 Å². The fraction of sp³-hybridized carbons (Fsp3) is 0.769. The second kappa shape index (κ2) is 5.65. The van der Waals surface area contributed by atoms with E-state index in [0.29, 0.717) is 6.54 Å². The molecule has 1 unspecified atom stereocenters. The summed E-state index contributed by atoms with van der Waals surface area (Å²) in [6.45, 7) is 10.4. The van der Waals surface area contributed by atoms with Crippen molar-refractivity contribution in [2.45, 2.75) is 52.2 Å². The first-order valence-corrected chi connectivity index (χ1v) is 6.41. The Morgan fingerprint density at radius 3 is 2.59 bits per heavy atom. The Morgan fingerprint density at radius 2 is 2.12 bits per heavy atom. The summed E-state index contributed by atoms with van der Waals surface area (Å²) in [5, 5.41) is 0. The molecule has 1 aromatic heterocycles. The number of nitrogens with two attached hydrogens (primary N) is 1. The van der Waals surface area contributed by atoms with Gasteiger partial charge in [0.1, 0.15) is 0 Å². The molecule has 1 aromatic rings. The van der Waals surface area contributed by atoms with Gasteiger partial charge in [-0.2, -0.15) is 0 Å². The van der Waals surface area contributed by atoms with Gasteiger partial charge >= 0.3 is 0 Å². The van der Waals surface area contributed by atoms with Gasteiger partial charge in [-0.3, -0.25) is 4.90 Å². The van der Waals surface area contributed by atoms with E-state index in [-0.39, 0.29) is 11.6 Å². The van der Waals surface area contributed by atoms with Gasteiger partial charge in [0.25, 0.3) is 0 Å². The quantitative estimate of drug-likeness (QED) is 0.825. The zero-order chi connectivity index (χ0) is 13.1. The maximum Gasteiger partial charge on any atom is 0.0948 e. The van der Waals surface area contributed by atoms with Crippen LogP contribution in [0.1, 0.15) is 45.9 Å². The van der Waals surface area contributed by atoms with Gasteiger partial charge < -0.3 is 10.3 Å². The van der Waals surface area contributed by atoms with Crippen LogP contribution >= 0.6 is 0 Å². The summed E-state index contributed by atoms with van der Waals surface area (Å²) in [6.07, 6.45) is 4.91. The molecule has 1 heterocycles. The molecule has 4 nitrogen and oxygen atoms in total. The fourth-order valence-electron chi connectivity index (χ4n) is 2.02. The molecule has 0 saturated carbocycles. The lowest BCUT2D eigenvalue weighted by Gasteiger charge is -2.40. The van der Waals surface area contributed by atoms with Crippen molar-refractivity contribution in [2.75, 3.05) is 13.6 Å². The monoisotopic (exact) mass is 238 g/mol. The highest BCUT2D eigenvalue weighted by Gasteiger charge is 2.29. The van der Waals surface area contributed by atoms with Crippen molar-refractivity contribution in [3.05, 3.63) is 18.2 Å². The Hall–Kier alpha value is -0.870. The average molecular weight is 238 g/mol. The largest absolute Gasteiger partial charge is 0.333 e. The first kappa shape index (κ1) is 14.2. The van der Waals surface area contributed by atoms with Gasteiger partial charge in [0.2, 0.25) is 0 Å². The maximum absolute atomic E-state index is 5.96. The molecule has 0 radical (unpaired) electrons. The molecule has 4 heteroatoms. The van der Waals surface area contributed by atoms with Crippen LogP contribution in [0.15, 0.2) is 12.5 Å². The third-order valence-corrected chi connectivity index (χ3v) is 3.94. The second-order valence-electron chi connectivity index (χ2n) is 5.13. The van der Waals surface area contributed by atoms with Crippen LogP contribution in [0.3, 0.4) is 0 Å². The van der Waals surface area contributed by atoms with Gasteiger partial charge in [-0.15, -0.1) is 0 Å². The number of hydrogen-bond acceptors (Lipinski definition) is 3. The van der Waals surface area contributed by atoms with E-state index in [9.17, 15) is 0 Å². The number of nitrogens with zero attached hydrogens (tertiary/aromatic N) is 3. The van der Waals surface area contributed by atoms with Crippen molar-refractivity contribution in [1.82, 2.24) is 14.5 Å². The van der Waals surface area contributed by atoms with Gasteiger partial charge in [-0.1, -0.05) is 6.92 Å². The first-order chi connectivity index (χ1) is 7.97. The molecule has 0 aliphatic rings. The van der Waals surface area contributed by atoms with Crippen LogP contribution in [0.2, 0.25) is 0 Å². The Balaban J connectivity index is 2.99. The van der Waals surface area contributed by atoms with Gasteiger partial charge in [0.15, 0.2) is 0 Å². The van der Waals surface area contributed by atoms with Crippen LogP contribution in [0, 0.1) is 0 Å². The lowest BCUT2D eigenvalue weighted by molar-refractivity contribution is 0.0964. The highest BCUT2D eigenvalue weighted by molar-refractivity contribution is 5.07. The summed E-state index contributed by atoms with van der Waals surface area (Å²) < 4.78 is 2.17. The first-order valence-electron chi connectivity index (χ1n) is 6.41. The number of rotatable bonds is 6. The second-order valence-corrected chi connectivity index (χ2v) is 5.13. The number of aryl methyl sites for hydroxylation is 1. The Kier molecular flexibility index (Phi) is 4.71. The Labute approximate surface area is 105 Å². The standard InChI is InChI=1S/C13H26N4/c1-6-13(3,4)16(5)11(8-14)12-9-15-10-17(12)7-2/h9-11H,6-8,14H2,1-5H3. The van der Waals surface area contributed by atoms with Crippen LogP contribution in [0.25, 0.3) is 0 Å². The highest BCUT2D eigenvalue weighted by atomic mass is 15.2. The van der Waals surface area contributed by atoms with Crippen molar-refractivity contribution >= 4 is 0 Å². The molecular weight excluding hydrogens is 212 g/mol. The summed E-state index contributed by atoms with van der Waals surface area (Å²) in [7, 11) is 2.15. The van der Waals surface area contributed by atoms with Crippen molar-refractivity contribution in [3.8, 4) is 0 Å². The molecule has 0 fully saturated rings. The SMILES string of the molecule is CCn1cncc1C(CN)N(C)C(C)(C)CC. The van der Waals surface area contributed by atoms with Crippen LogP contribution < -0.4 is 5.73 Å². The predicted molar refractivity (Wildman–Crippen MR) is 71.8 cm³/mol. The molecule has 0 amide bonds. The molecule has 0 aliphatic carbocycles. The number of imidazole rings is 1. The minimum Gasteiger partial charge on any atom is -0.333 e. The lowest BCUT2D eigenvalue weighted by Crippen LogP contribution is -2.45. The number of likely N-dealkylation sites (N-methyl/N-ethyl adjacent to an activating group) is 1. The molecule has 0 aromatic carbocycles. The normalized spacial score (nSPS) is 14.3. The lowest BCUT2D eigenvalue weighted by atomic mass is 9.97. The number of hydrogen-bond donors (Lipinski definition) is 1. The van der Waals surface area contributed by atoms with Crippen molar-refractivity contribution in [2.24, 2.45) is 5.73 Å². The molecule has 1 rings (SSSR count). The third-order valence-electron chi connectivity index (χ3n) is 3.94. The molecule has 0 aliphatic heterocycles. The minimum absolute atomic E-state index is 0.146. The van der Waals surface area contributed by atoms with Gasteiger partial charge in [0, 0.05) is 24.8 Å². The summed E-state index contributed by atoms with van der Waals surface area (Å²) >= 11 is 0. The zero-order valence-electron chi connectivity index (χ0n) is 11.8. The highest BCUT2D eigenvalue weighted by Crippen LogP contribution is 2.27. The molecule has 0 bridgehead atoms. The number of aromatic nitrogens is 2. The molecule has 0 saturated heterocycles. The predicted octanol–water partition coefficient (Wildman–Crippen LogP) is 2.02. The van der Waals surface area contributed by atoms with E-state index in [1.165, 1.54) is 5.69 Å². The molecule has 17 heavy (non-hydrogen) atoms. The molecule has 98 valence electrons. The van der Waals surface area contributed by atoms with Crippen LogP contribution in [0.4, 0.5) is 0 Å². The van der Waals surface area contributed by atoms with Crippen LogP contribution in [0.5, 0.6) is 0 Å². The topological polar surface area (TPSA) is 47.1 Å². The van der Waals surface area contributed by atoms with E-state index in [2.05, 4.69) is 49.2 Å². The van der Waals surface area contributed by atoms with E-state index >= 15 is 0 Å². The summed E-state index contributed by atoms with van der Waals surface area (Å²) in [6, 6.07) is 0.229. The molecular formula is C13H26N4. The van der Waals surface area contributed by atoms with Crippen LogP contribution in [-0.4, -0.2) is 33.6 Å². The average Bonchev–Trinajstić information content (AvgIpc) is 2.78. The smallest absolute Gasteiger partial charge is 0.0948 e. The Morgan fingerprint density at radius 1 is 1.47 bits per heavy atom. The minimum atomic E-state index is 0.146. The van der Waals surface area contributed by atoms with Gasteiger partial charge in [-0.05, 0) is 34.2 Å². The van der Waals surface area contributed by atoms with Gasteiger partial charge in [-0.25, -0.2) is 4.98 Å². The maximum atomic E-state index is 5.96. The van der Waals surface area contributed by atoms with E-state index in [0.717, 1.165) is 13.0 Å². The van der Waals surface area contributed by atoms with E-state index in [4.69, 9.17) is 5.73 Å². The zero-order valence-corrected chi connectivity index (χ0v) is 11.8. The summed E-state index contributed by atoms with van der Waals surface area (Å²) in [5.41, 5.74) is 7.31. The van der Waals surface area contributed by atoms with Crippen molar-refractivity contribution in [3.63, 3.8) is 0 Å².